The molecule has 1 aromatic carbocycles. The Bertz CT molecular complexity index is 701. The van der Waals surface area contributed by atoms with Gasteiger partial charge in [-0.1, -0.05) is 11.6 Å². The molecule has 9 heteroatoms. The fraction of sp³-hybridized carbons (Fsp3) is 0.286. The van der Waals surface area contributed by atoms with E-state index in [1.54, 1.807) is 24.1 Å². The number of carbonyl (C=O) groups is 1. The van der Waals surface area contributed by atoms with Gasteiger partial charge in [-0.05, 0) is 30.2 Å². The molecule has 1 N–H and O–H groups in total. The number of nitrogens with zero attached hydrogens (tertiary/aromatic N) is 2. The maximum atomic E-state index is 12.4. The molecule has 1 amide bonds. The van der Waals surface area contributed by atoms with Crippen LogP contribution in [0, 0.1) is 0 Å². The van der Waals surface area contributed by atoms with Crippen molar-refractivity contribution in [3.63, 3.8) is 0 Å². The second-order valence-electron chi connectivity index (χ2n) is 4.76. The van der Waals surface area contributed by atoms with E-state index in [4.69, 9.17) is 11.6 Å². The van der Waals surface area contributed by atoms with Crippen LogP contribution in [-0.4, -0.2) is 22.1 Å². The number of ether oxygens (including phenoxy) is 1. The Balaban J connectivity index is 2.03. The van der Waals surface area contributed by atoms with Crippen LogP contribution in [-0.2, 0) is 18.3 Å². The average Bonchev–Trinajstić information content (AvgIpc) is 2.84. The van der Waals surface area contributed by atoms with E-state index < -0.39 is 18.0 Å². The fourth-order valence-electron chi connectivity index (χ4n) is 1.89. The van der Waals surface area contributed by atoms with Crippen LogP contribution in [0.3, 0.4) is 0 Å². The van der Waals surface area contributed by atoms with E-state index in [0.29, 0.717) is 6.42 Å². The number of halogens is 4. The molecule has 0 unspecified atom stereocenters. The van der Waals surface area contributed by atoms with Crippen molar-refractivity contribution in [2.45, 2.75) is 19.2 Å². The molecule has 23 heavy (non-hydrogen) atoms. The third-order valence-corrected chi connectivity index (χ3v) is 3.08. The molecule has 2 aromatic rings. The first-order chi connectivity index (χ1) is 10.7. The third kappa shape index (κ3) is 5.48. The number of aromatic nitrogens is 2. The van der Waals surface area contributed by atoms with Crippen molar-refractivity contribution in [3.8, 4) is 5.75 Å². The lowest BCUT2D eigenvalue weighted by Gasteiger charge is -2.14. The van der Waals surface area contributed by atoms with Gasteiger partial charge >= 0.3 is 6.36 Å². The van der Waals surface area contributed by atoms with Gasteiger partial charge in [0, 0.05) is 24.7 Å². The minimum absolute atomic E-state index is 0.0870. The summed E-state index contributed by atoms with van der Waals surface area (Å²) in [6.45, 7) is 0. The highest BCUT2D eigenvalue weighted by atomic mass is 35.5. The second kappa shape index (κ2) is 6.91. The fourth-order valence-corrected chi connectivity index (χ4v) is 2.06. The summed E-state index contributed by atoms with van der Waals surface area (Å²) in [5.41, 5.74) is 0.714. The number of nitrogens with one attached hydrogen (secondary N) is 1. The molecule has 0 aliphatic rings. The molecule has 0 saturated heterocycles. The molecule has 0 atom stereocenters. The quantitative estimate of drug-likeness (QED) is 0.900. The van der Waals surface area contributed by atoms with Crippen LogP contribution in [0.1, 0.15) is 12.0 Å². The van der Waals surface area contributed by atoms with Gasteiger partial charge in [0.05, 0.1) is 11.9 Å². The van der Waals surface area contributed by atoms with Gasteiger partial charge in [0.1, 0.15) is 0 Å². The number of aryl methyl sites for hydroxylation is 2. The molecule has 1 aromatic heterocycles. The van der Waals surface area contributed by atoms with Gasteiger partial charge in [0.2, 0.25) is 5.91 Å². The van der Waals surface area contributed by atoms with E-state index >= 15 is 0 Å². The molecule has 0 spiro atoms. The molecule has 0 aliphatic carbocycles. The molecule has 124 valence electrons. The maximum Gasteiger partial charge on any atom is 0.573 e. The number of anilines is 1. The number of amides is 1. The Labute approximate surface area is 135 Å². The van der Waals surface area contributed by atoms with Crippen molar-refractivity contribution in [1.82, 2.24) is 9.78 Å². The predicted octanol–water partition coefficient (Wildman–Crippen LogP) is 3.54. The summed E-state index contributed by atoms with van der Waals surface area (Å²) in [7, 11) is 1.75. The van der Waals surface area contributed by atoms with E-state index in [-0.39, 0.29) is 17.1 Å². The molecule has 0 bridgehead atoms. The van der Waals surface area contributed by atoms with Crippen molar-refractivity contribution in [2.24, 2.45) is 7.05 Å². The summed E-state index contributed by atoms with van der Waals surface area (Å²) in [6.07, 6.45) is -0.988. The Kier molecular flexibility index (Phi) is 5.15. The van der Waals surface area contributed by atoms with Crippen molar-refractivity contribution < 1.29 is 22.7 Å². The molecule has 1 heterocycles. The summed E-state index contributed by atoms with van der Waals surface area (Å²) in [6, 6.07) is 3.49. The van der Waals surface area contributed by atoms with Crippen LogP contribution < -0.4 is 10.1 Å². The lowest BCUT2D eigenvalue weighted by atomic mass is 10.2. The van der Waals surface area contributed by atoms with Crippen molar-refractivity contribution in [1.29, 1.82) is 0 Å². The van der Waals surface area contributed by atoms with Gasteiger partial charge in [-0.15, -0.1) is 13.2 Å². The van der Waals surface area contributed by atoms with E-state index in [1.165, 1.54) is 12.1 Å². The van der Waals surface area contributed by atoms with Crippen LogP contribution in [0.4, 0.5) is 18.9 Å². The summed E-state index contributed by atoms with van der Waals surface area (Å²) in [4.78, 5) is 11.9. The van der Waals surface area contributed by atoms with Crippen LogP contribution >= 0.6 is 11.6 Å². The Hall–Kier alpha value is -2.22. The molecular formula is C14H13ClF3N3O2. The van der Waals surface area contributed by atoms with Gasteiger partial charge in [0.25, 0.3) is 0 Å². The largest absolute Gasteiger partial charge is 0.573 e. The van der Waals surface area contributed by atoms with Gasteiger partial charge < -0.3 is 10.1 Å². The summed E-state index contributed by atoms with van der Waals surface area (Å²) >= 11 is 5.75. The van der Waals surface area contributed by atoms with E-state index in [0.717, 1.165) is 11.6 Å². The van der Waals surface area contributed by atoms with Crippen molar-refractivity contribution >= 4 is 23.2 Å². The van der Waals surface area contributed by atoms with Crippen molar-refractivity contribution in [2.75, 3.05) is 5.32 Å². The zero-order chi connectivity index (χ0) is 17.0. The number of hydrogen-bond donors (Lipinski definition) is 1. The van der Waals surface area contributed by atoms with Crippen LogP contribution in [0.5, 0.6) is 5.75 Å². The number of carbonyl (C=O) groups excluding carboxylic acids is 1. The zero-order valence-corrected chi connectivity index (χ0v) is 12.8. The standard InChI is InChI=1S/C14H13ClF3N3O2/c1-21-8-9(7-19-21)2-5-13(22)20-11-6-10(15)3-4-12(11)23-14(16,17)18/h3-4,6-8H,2,5H2,1H3,(H,20,22). The van der Waals surface area contributed by atoms with E-state index in [2.05, 4.69) is 15.2 Å². The highest BCUT2D eigenvalue weighted by Crippen LogP contribution is 2.32. The van der Waals surface area contributed by atoms with E-state index in [1.807, 2.05) is 0 Å². The molecule has 0 fully saturated rings. The molecular weight excluding hydrogens is 335 g/mol. The van der Waals surface area contributed by atoms with E-state index in [9.17, 15) is 18.0 Å². The first-order valence-electron chi connectivity index (χ1n) is 6.55. The van der Waals surface area contributed by atoms with Gasteiger partial charge in [0.15, 0.2) is 5.75 Å². The smallest absolute Gasteiger partial charge is 0.404 e. The monoisotopic (exact) mass is 347 g/mol. The highest BCUT2D eigenvalue weighted by Gasteiger charge is 2.32. The number of benzene rings is 1. The molecule has 5 nitrogen and oxygen atoms in total. The summed E-state index contributed by atoms with van der Waals surface area (Å²) in [5.74, 6) is -0.972. The van der Waals surface area contributed by atoms with Crippen molar-refractivity contribution in [3.05, 3.63) is 41.2 Å². The molecule has 0 radical (unpaired) electrons. The number of alkyl halides is 3. The maximum absolute atomic E-state index is 12.4. The number of rotatable bonds is 5. The van der Waals surface area contributed by atoms with Gasteiger partial charge in [-0.2, -0.15) is 5.10 Å². The van der Waals surface area contributed by atoms with Gasteiger partial charge in [-0.25, -0.2) is 0 Å². The van der Waals surface area contributed by atoms with Crippen LogP contribution in [0.25, 0.3) is 0 Å². The van der Waals surface area contributed by atoms with Crippen LogP contribution in [0.15, 0.2) is 30.6 Å². The van der Waals surface area contributed by atoms with Gasteiger partial charge in [-0.3, -0.25) is 9.48 Å². The lowest BCUT2D eigenvalue weighted by Crippen LogP contribution is -2.19. The summed E-state index contributed by atoms with van der Waals surface area (Å²) < 4.78 is 42.5. The minimum Gasteiger partial charge on any atom is -0.404 e. The first-order valence-corrected chi connectivity index (χ1v) is 6.93. The molecule has 0 aliphatic heterocycles. The minimum atomic E-state index is -4.86. The Morgan fingerprint density at radius 2 is 2.17 bits per heavy atom. The lowest BCUT2D eigenvalue weighted by molar-refractivity contribution is -0.274. The topological polar surface area (TPSA) is 56.2 Å². The normalized spacial score (nSPS) is 11.3. The number of hydrogen-bond acceptors (Lipinski definition) is 3. The Morgan fingerprint density at radius 1 is 1.43 bits per heavy atom. The molecule has 0 saturated carbocycles. The first kappa shape index (κ1) is 17.1. The third-order valence-electron chi connectivity index (χ3n) is 2.84. The van der Waals surface area contributed by atoms with Crippen LogP contribution in [0.2, 0.25) is 5.02 Å². The molecule has 2 rings (SSSR count). The second-order valence-corrected chi connectivity index (χ2v) is 5.20. The summed E-state index contributed by atoms with van der Waals surface area (Å²) in [5, 5.41) is 6.52. The SMILES string of the molecule is Cn1cc(CCC(=O)Nc2cc(Cl)ccc2OC(F)(F)F)cn1. The predicted molar refractivity (Wildman–Crippen MR) is 78.3 cm³/mol. The Morgan fingerprint density at radius 3 is 2.78 bits per heavy atom. The zero-order valence-electron chi connectivity index (χ0n) is 12.0. The highest BCUT2D eigenvalue weighted by molar-refractivity contribution is 6.31. The average molecular weight is 348 g/mol.